The molecule has 0 aromatic heterocycles. The molecule has 0 aliphatic heterocycles. The van der Waals surface area contributed by atoms with Crippen LogP contribution in [0.3, 0.4) is 0 Å². The molecule has 0 bridgehead atoms. The van der Waals surface area contributed by atoms with Crippen LogP contribution in [0.25, 0.3) is 0 Å². The number of carbonyl (C=O) groups is 1. The molecule has 0 aliphatic rings. The maximum Gasteiger partial charge on any atom is 0.335 e. The van der Waals surface area contributed by atoms with Gasteiger partial charge in [-0.25, -0.2) is 4.79 Å². The molecule has 136 valence electrons. The maximum absolute atomic E-state index is 10.3. The van der Waals surface area contributed by atoms with Crippen molar-refractivity contribution >= 4 is 5.97 Å². The molecule has 0 saturated heterocycles. The van der Waals surface area contributed by atoms with Gasteiger partial charge in [-0.2, -0.15) is 0 Å². The fraction of sp³-hybridized carbons (Fsp3) is 0.316. The Labute approximate surface area is 147 Å². The van der Waals surface area contributed by atoms with E-state index in [1.165, 1.54) is 0 Å². The van der Waals surface area contributed by atoms with Crippen LogP contribution in [0.2, 0.25) is 0 Å². The molecule has 1 N–H and O–H groups in total. The number of aryl methyl sites for hydroxylation is 2. The lowest BCUT2D eigenvalue weighted by atomic mass is 10.1. The molecule has 0 fully saturated rings. The molecule has 2 rings (SSSR count). The largest absolute Gasteiger partial charge is 0.493 e. The van der Waals surface area contributed by atoms with Crippen LogP contribution in [0.5, 0.6) is 23.0 Å². The van der Waals surface area contributed by atoms with Crippen molar-refractivity contribution in [3.8, 4) is 23.0 Å². The van der Waals surface area contributed by atoms with E-state index in [2.05, 4.69) is 0 Å². The second-order valence-corrected chi connectivity index (χ2v) is 5.17. The number of hydrogen-bond donors (Lipinski definition) is 1. The Morgan fingerprint density at radius 3 is 1.72 bits per heavy atom. The van der Waals surface area contributed by atoms with E-state index in [9.17, 15) is 4.79 Å². The van der Waals surface area contributed by atoms with Gasteiger partial charge in [0.2, 0.25) is 11.5 Å². The molecule has 2 aromatic carbocycles. The lowest BCUT2D eigenvalue weighted by Crippen LogP contribution is -1.99. The molecular weight excluding hydrogens is 324 g/mol. The summed E-state index contributed by atoms with van der Waals surface area (Å²) in [4.78, 5) is 10.3. The van der Waals surface area contributed by atoms with Crippen LogP contribution in [-0.4, -0.2) is 39.5 Å². The number of ether oxygens (including phenoxy) is 4. The number of carboxylic acids is 1. The highest BCUT2D eigenvalue weighted by atomic mass is 16.5. The van der Waals surface area contributed by atoms with Crippen LogP contribution in [-0.2, 0) is 0 Å². The van der Waals surface area contributed by atoms with Crippen molar-refractivity contribution in [2.75, 3.05) is 28.4 Å². The van der Waals surface area contributed by atoms with Crippen LogP contribution in [0.15, 0.2) is 30.3 Å². The number of methoxy groups -OCH3 is 4. The highest BCUT2D eigenvalue weighted by Gasteiger charge is 2.19. The fourth-order valence-electron chi connectivity index (χ4n) is 2.20. The topological polar surface area (TPSA) is 74.2 Å². The van der Waals surface area contributed by atoms with Gasteiger partial charge in [0.05, 0.1) is 34.0 Å². The molecule has 0 amide bonds. The molecular formula is C19H24O6. The van der Waals surface area contributed by atoms with Gasteiger partial charge in [0.15, 0.2) is 11.5 Å². The Morgan fingerprint density at radius 1 is 0.800 bits per heavy atom. The minimum absolute atomic E-state index is 0.339. The van der Waals surface area contributed by atoms with Gasteiger partial charge >= 0.3 is 5.97 Å². The summed E-state index contributed by atoms with van der Waals surface area (Å²) < 4.78 is 20.9. The van der Waals surface area contributed by atoms with E-state index in [1.807, 2.05) is 19.9 Å². The first-order valence-corrected chi connectivity index (χ1v) is 7.53. The van der Waals surface area contributed by atoms with Crippen molar-refractivity contribution in [2.45, 2.75) is 13.8 Å². The molecule has 25 heavy (non-hydrogen) atoms. The molecule has 0 radical (unpaired) electrons. The first-order valence-electron chi connectivity index (χ1n) is 7.53. The van der Waals surface area contributed by atoms with E-state index < -0.39 is 5.97 Å². The molecule has 0 unspecified atom stereocenters. The second kappa shape index (κ2) is 9.42. The van der Waals surface area contributed by atoms with Gasteiger partial charge in [0.25, 0.3) is 0 Å². The average molecular weight is 348 g/mol. The zero-order valence-corrected chi connectivity index (χ0v) is 15.4. The SMILES string of the molecule is COc1cc(C)c(OC)c(OC)c1OC.Cc1ccc(C(=O)O)cc1. The van der Waals surface area contributed by atoms with E-state index in [4.69, 9.17) is 24.1 Å². The number of benzene rings is 2. The standard InChI is InChI=1S/C11H16O4.C8H8O2/c1-7-6-8(12-2)10(14-4)11(15-5)9(7)13-3;1-6-2-4-7(5-3-6)8(9)10/h6H,1-5H3;2-5H,1H3,(H,9,10). The van der Waals surface area contributed by atoms with Gasteiger partial charge in [0, 0.05) is 0 Å². The molecule has 2 aromatic rings. The lowest BCUT2D eigenvalue weighted by Gasteiger charge is -2.16. The quantitative estimate of drug-likeness (QED) is 0.888. The van der Waals surface area contributed by atoms with Crippen LogP contribution >= 0.6 is 0 Å². The zero-order chi connectivity index (χ0) is 19.0. The summed E-state index contributed by atoms with van der Waals surface area (Å²) in [5, 5.41) is 8.48. The van der Waals surface area contributed by atoms with Gasteiger partial charge in [-0.15, -0.1) is 0 Å². The first-order chi connectivity index (χ1) is 11.9. The minimum Gasteiger partial charge on any atom is -0.493 e. The summed E-state index contributed by atoms with van der Waals surface area (Å²) in [7, 11) is 6.31. The Hall–Kier alpha value is -2.89. The van der Waals surface area contributed by atoms with Crippen molar-refractivity contribution in [1.29, 1.82) is 0 Å². The third kappa shape index (κ3) is 5.04. The number of rotatable bonds is 5. The molecule has 0 saturated carbocycles. The number of aromatic carboxylic acids is 1. The smallest absolute Gasteiger partial charge is 0.335 e. The summed E-state index contributed by atoms with van der Waals surface area (Å²) >= 11 is 0. The molecule has 6 heteroatoms. The molecule has 0 heterocycles. The van der Waals surface area contributed by atoms with E-state index in [-0.39, 0.29) is 0 Å². The average Bonchev–Trinajstić information content (AvgIpc) is 2.61. The van der Waals surface area contributed by atoms with E-state index in [0.29, 0.717) is 28.6 Å². The van der Waals surface area contributed by atoms with Gasteiger partial charge in [0.1, 0.15) is 0 Å². The van der Waals surface area contributed by atoms with Crippen molar-refractivity contribution in [3.63, 3.8) is 0 Å². The summed E-state index contributed by atoms with van der Waals surface area (Å²) in [6.45, 7) is 3.84. The van der Waals surface area contributed by atoms with Crippen molar-refractivity contribution in [1.82, 2.24) is 0 Å². The Morgan fingerprint density at radius 2 is 1.32 bits per heavy atom. The summed E-state index contributed by atoms with van der Waals surface area (Å²) in [5.74, 6) is 1.52. The van der Waals surface area contributed by atoms with Crippen LogP contribution in [0.1, 0.15) is 21.5 Å². The highest BCUT2D eigenvalue weighted by Crippen LogP contribution is 2.46. The van der Waals surface area contributed by atoms with Gasteiger partial charge in [-0.1, -0.05) is 17.7 Å². The van der Waals surface area contributed by atoms with Crippen molar-refractivity contribution in [2.24, 2.45) is 0 Å². The van der Waals surface area contributed by atoms with Crippen LogP contribution in [0.4, 0.5) is 0 Å². The van der Waals surface area contributed by atoms with Gasteiger partial charge < -0.3 is 24.1 Å². The van der Waals surface area contributed by atoms with Crippen molar-refractivity contribution < 1.29 is 28.8 Å². The molecule has 0 aliphatic carbocycles. The van der Waals surface area contributed by atoms with Gasteiger partial charge in [-0.05, 0) is 37.6 Å². The minimum atomic E-state index is -0.875. The van der Waals surface area contributed by atoms with E-state index >= 15 is 0 Å². The predicted octanol–water partition coefficient (Wildman–Crippen LogP) is 3.72. The molecule has 6 nitrogen and oxygen atoms in total. The van der Waals surface area contributed by atoms with E-state index in [1.54, 1.807) is 52.7 Å². The second-order valence-electron chi connectivity index (χ2n) is 5.17. The third-order valence-corrected chi connectivity index (χ3v) is 3.47. The Balaban J connectivity index is 0.000000271. The van der Waals surface area contributed by atoms with Crippen LogP contribution in [0, 0.1) is 13.8 Å². The molecule has 0 atom stereocenters. The summed E-state index contributed by atoms with van der Waals surface area (Å²) in [6.07, 6.45) is 0. The lowest BCUT2D eigenvalue weighted by molar-refractivity contribution is 0.0697. The monoisotopic (exact) mass is 348 g/mol. The Kier molecular flexibility index (Phi) is 7.59. The first kappa shape index (κ1) is 20.2. The van der Waals surface area contributed by atoms with Crippen molar-refractivity contribution in [3.05, 3.63) is 47.0 Å². The Bertz CT molecular complexity index is 707. The normalized spacial score (nSPS) is 9.52. The zero-order valence-electron chi connectivity index (χ0n) is 15.4. The van der Waals surface area contributed by atoms with E-state index in [0.717, 1.165) is 11.1 Å². The van der Waals surface area contributed by atoms with Crippen LogP contribution < -0.4 is 18.9 Å². The molecule has 0 spiro atoms. The number of carboxylic acid groups (broad SMARTS) is 1. The highest BCUT2D eigenvalue weighted by molar-refractivity contribution is 5.87. The van der Waals surface area contributed by atoms with Gasteiger partial charge in [-0.3, -0.25) is 0 Å². The number of hydrogen-bond acceptors (Lipinski definition) is 5. The maximum atomic E-state index is 10.3. The summed E-state index contributed by atoms with van der Waals surface area (Å²) in [6, 6.07) is 8.60. The third-order valence-electron chi connectivity index (χ3n) is 3.47. The predicted molar refractivity (Wildman–Crippen MR) is 95.5 cm³/mol. The fourth-order valence-corrected chi connectivity index (χ4v) is 2.20. The summed E-state index contributed by atoms with van der Waals surface area (Å²) in [5.41, 5.74) is 2.35.